The van der Waals surface area contributed by atoms with E-state index in [1.165, 1.54) is 32.1 Å². The standard InChI is InChI=1S/C16H23NO/c1-18-15-7-4-6-14(10-15)17-11-13-9-12-5-2-3-8-16(12)13/h2-3,5,8,13-15,17H,4,6-7,9-11H2,1H3. The molecule has 0 heterocycles. The van der Waals surface area contributed by atoms with Crippen LogP contribution in [0.15, 0.2) is 24.3 Å². The quantitative estimate of drug-likeness (QED) is 0.880. The first-order valence-electron chi connectivity index (χ1n) is 7.21. The number of hydrogen-bond acceptors (Lipinski definition) is 2. The second-order valence-electron chi connectivity index (χ2n) is 5.73. The molecule has 2 aliphatic carbocycles. The average Bonchev–Trinajstić information content (AvgIpc) is 2.40. The summed E-state index contributed by atoms with van der Waals surface area (Å²) in [5.74, 6) is 0.740. The molecule has 0 amide bonds. The fourth-order valence-electron chi connectivity index (χ4n) is 3.40. The molecule has 1 aromatic carbocycles. The number of benzene rings is 1. The van der Waals surface area contributed by atoms with Gasteiger partial charge in [-0.3, -0.25) is 0 Å². The van der Waals surface area contributed by atoms with E-state index in [0.717, 1.165) is 12.5 Å². The van der Waals surface area contributed by atoms with Crippen LogP contribution in [-0.2, 0) is 11.2 Å². The SMILES string of the molecule is COC1CCCC(NCC2Cc3ccccc32)C1. The summed E-state index contributed by atoms with van der Waals surface area (Å²) in [6.07, 6.45) is 6.77. The summed E-state index contributed by atoms with van der Waals surface area (Å²) in [4.78, 5) is 0. The fraction of sp³-hybridized carbons (Fsp3) is 0.625. The van der Waals surface area contributed by atoms with Crippen molar-refractivity contribution in [1.82, 2.24) is 5.32 Å². The minimum atomic E-state index is 0.477. The molecule has 1 saturated carbocycles. The van der Waals surface area contributed by atoms with E-state index in [0.29, 0.717) is 12.1 Å². The van der Waals surface area contributed by atoms with E-state index in [1.807, 2.05) is 7.11 Å². The Labute approximate surface area is 110 Å². The van der Waals surface area contributed by atoms with E-state index in [9.17, 15) is 0 Å². The topological polar surface area (TPSA) is 21.3 Å². The highest BCUT2D eigenvalue weighted by Gasteiger charge is 2.27. The predicted molar refractivity (Wildman–Crippen MR) is 73.9 cm³/mol. The minimum absolute atomic E-state index is 0.477. The molecule has 18 heavy (non-hydrogen) atoms. The van der Waals surface area contributed by atoms with Crippen LogP contribution in [0.25, 0.3) is 0 Å². The highest BCUT2D eigenvalue weighted by Crippen LogP contribution is 2.34. The lowest BCUT2D eigenvalue weighted by molar-refractivity contribution is 0.0586. The maximum atomic E-state index is 5.48. The van der Waals surface area contributed by atoms with Gasteiger partial charge in [-0.2, -0.15) is 0 Å². The Hall–Kier alpha value is -0.860. The number of methoxy groups -OCH3 is 1. The average molecular weight is 245 g/mol. The number of ether oxygens (including phenoxy) is 1. The van der Waals surface area contributed by atoms with Gasteiger partial charge in [-0.05, 0) is 43.2 Å². The van der Waals surface area contributed by atoms with Gasteiger partial charge < -0.3 is 10.1 Å². The van der Waals surface area contributed by atoms with Crippen LogP contribution in [0.2, 0.25) is 0 Å². The van der Waals surface area contributed by atoms with E-state index in [2.05, 4.69) is 29.6 Å². The third-order valence-corrected chi connectivity index (χ3v) is 4.57. The molecule has 2 aliphatic rings. The second-order valence-corrected chi connectivity index (χ2v) is 5.73. The zero-order chi connectivity index (χ0) is 12.4. The lowest BCUT2D eigenvalue weighted by atomic mass is 9.77. The maximum absolute atomic E-state index is 5.48. The number of rotatable bonds is 4. The van der Waals surface area contributed by atoms with Crippen LogP contribution in [0.5, 0.6) is 0 Å². The van der Waals surface area contributed by atoms with E-state index < -0.39 is 0 Å². The van der Waals surface area contributed by atoms with Gasteiger partial charge in [0.1, 0.15) is 0 Å². The van der Waals surface area contributed by atoms with E-state index in [-0.39, 0.29) is 0 Å². The predicted octanol–water partition coefficient (Wildman–Crippen LogP) is 2.87. The summed E-state index contributed by atoms with van der Waals surface area (Å²) in [5, 5.41) is 3.75. The van der Waals surface area contributed by atoms with Crippen LogP contribution in [0.1, 0.15) is 42.7 Å². The third-order valence-electron chi connectivity index (χ3n) is 4.57. The molecule has 0 bridgehead atoms. The minimum Gasteiger partial charge on any atom is -0.381 e. The van der Waals surface area contributed by atoms with Crippen LogP contribution in [-0.4, -0.2) is 25.8 Å². The zero-order valence-electron chi connectivity index (χ0n) is 11.2. The Bertz CT molecular complexity index is 404. The summed E-state index contributed by atoms with van der Waals surface area (Å²) in [6.45, 7) is 1.14. The molecule has 3 unspecified atom stereocenters. The molecule has 2 heteroatoms. The molecule has 0 radical (unpaired) electrons. The Morgan fingerprint density at radius 2 is 2.17 bits per heavy atom. The first-order chi connectivity index (χ1) is 8.86. The van der Waals surface area contributed by atoms with Crippen LogP contribution in [0.4, 0.5) is 0 Å². The van der Waals surface area contributed by atoms with Gasteiger partial charge in [0, 0.05) is 25.6 Å². The Balaban J connectivity index is 1.48. The van der Waals surface area contributed by atoms with Crippen molar-refractivity contribution in [3.8, 4) is 0 Å². The molecule has 3 rings (SSSR count). The summed E-state index contributed by atoms with van der Waals surface area (Å²) >= 11 is 0. The Morgan fingerprint density at radius 1 is 1.28 bits per heavy atom. The van der Waals surface area contributed by atoms with Gasteiger partial charge in [-0.1, -0.05) is 24.3 Å². The monoisotopic (exact) mass is 245 g/mol. The molecule has 0 spiro atoms. The van der Waals surface area contributed by atoms with Gasteiger partial charge in [0.25, 0.3) is 0 Å². The Morgan fingerprint density at radius 3 is 3.00 bits per heavy atom. The Kier molecular flexibility index (Phi) is 3.67. The molecule has 1 N–H and O–H groups in total. The van der Waals surface area contributed by atoms with Crippen LogP contribution in [0, 0.1) is 0 Å². The molecule has 1 aromatic rings. The molecular formula is C16H23NO. The number of hydrogen-bond donors (Lipinski definition) is 1. The first-order valence-corrected chi connectivity index (χ1v) is 7.21. The molecular weight excluding hydrogens is 222 g/mol. The molecule has 0 aromatic heterocycles. The van der Waals surface area contributed by atoms with E-state index in [4.69, 9.17) is 4.74 Å². The zero-order valence-corrected chi connectivity index (χ0v) is 11.2. The molecule has 0 aliphatic heterocycles. The molecule has 98 valence electrons. The van der Waals surface area contributed by atoms with Crippen molar-refractivity contribution in [2.24, 2.45) is 0 Å². The molecule has 3 atom stereocenters. The number of nitrogens with one attached hydrogen (secondary N) is 1. The smallest absolute Gasteiger partial charge is 0.0586 e. The van der Waals surface area contributed by atoms with Gasteiger partial charge in [0.2, 0.25) is 0 Å². The van der Waals surface area contributed by atoms with Gasteiger partial charge in [-0.15, -0.1) is 0 Å². The summed E-state index contributed by atoms with van der Waals surface area (Å²) in [7, 11) is 1.84. The maximum Gasteiger partial charge on any atom is 0.0586 e. The summed E-state index contributed by atoms with van der Waals surface area (Å²) < 4.78 is 5.48. The first kappa shape index (κ1) is 12.2. The highest BCUT2D eigenvalue weighted by atomic mass is 16.5. The summed E-state index contributed by atoms with van der Waals surface area (Å²) in [6, 6.07) is 9.51. The lowest BCUT2D eigenvalue weighted by Gasteiger charge is -2.34. The van der Waals surface area contributed by atoms with Gasteiger partial charge in [-0.25, -0.2) is 0 Å². The van der Waals surface area contributed by atoms with E-state index in [1.54, 1.807) is 11.1 Å². The molecule has 2 nitrogen and oxygen atoms in total. The van der Waals surface area contributed by atoms with Crippen molar-refractivity contribution in [3.63, 3.8) is 0 Å². The number of fused-ring (bicyclic) bond motifs is 1. The van der Waals surface area contributed by atoms with Crippen molar-refractivity contribution in [2.75, 3.05) is 13.7 Å². The van der Waals surface area contributed by atoms with Crippen molar-refractivity contribution in [2.45, 2.75) is 50.2 Å². The normalized spacial score (nSPS) is 30.6. The van der Waals surface area contributed by atoms with Crippen LogP contribution in [0.3, 0.4) is 0 Å². The highest BCUT2D eigenvalue weighted by molar-refractivity contribution is 5.40. The van der Waals surface area contributed by atoms with Gasteiger partial charge in [0.05, 0.1) is 6.10 Å². The lowest BCUT2D eigenvalue weighted by Crippen LogP contribution is -2.40. The van der Waals surface area contributed by atoms with Crippen molar-refractivity contribution < 1.29 is 4.74 Å². The van der Waals surface area contributed by atoms with Crippen LogP contribution < -0.4 is 5.32 Å². The van der Waals surface area contributed by atoms with E-state index >= 15 is 0 Å². The van der Waals surface area contributed by atoms with Crippen molar-refractivity contribution in [1.29, 1.82) is 0 Å². The van der Waals surface area contributed by atoms with Crippen molar-refractivity contribution >= 4 is 0 Å². The fourth-order valence-corrected chi connectivity index (χ4v) is 3.40. The largest absolute Gasteiger partial charge is 0.381 e. The molecule has 0 saturated heterocycles. The second kappa shape index (κ2) is 5.41. The third kappa shape index (κ3) is 2.45. The van der Waals surface area contributed by atoms with Gasteiger partial charge >= 0.3 is 0 Å². The van der Waals surface area contributed by atoms with Crippen molar-refractivity contribution in [3.05, 3.63) is 35.4 Å². The van der Waals surface area contributed by atoms with Crippen LogP contribution >= 0.6 is 0 Å². The molecule has 1 fully saturated rings. The van der Waals surface area contributed by atoms with Gasteiger partial charge in [0.15, 0.2) is 0 Å². The summed E-state index contributed by atoms with van der Waals surface area (Å²) in [5.41, 5.74) is 3.10.